The van der Waals surface area contributed by atoms with Crippen molar-refractivity contribution in [2.75, 3.05) is 0 Å². The van der Waals surface area contributed by atoms with Crippen molar-refractivity contribution in [2.45, 2.75) is 20.4 Å². The Morgan fingerprint density at radius 2 is 1.56 bits per heavy atom. The third-order valence-electron chi connectivity index (χ3n) is 3.40. The molecule has 0 radical (unpaired) electrons. The first-order chi connectivity index (χ1) is 8.72. The molecule has 1 nitrogen and oxygen atoms in total. The van der Waals surface area contributed by atoms with Crippen molar-refractivity contribution in [1.29, 1.82) is 0 Å². The predicted molar refractivity (Wildman–Crippen MR) is 77.0 cm³/mol. The molecule has 0 aliphatic carbocycles. The van der Waals surface area contributed by atoms with Crippen molar-refractivity contribution in [1.82, 2.24) is 4.57 Å². The summed E-state index contributed by atoms with van der Waals surface area (Å²) in [5.74, 6) is 0. The minimum atomic E-state index is 0.938. The summed E-state index contributed by atoms with van der Waals surface area (Å²) < 4.78 is 2.31. The monoisotopic (exact) mass is 235 g/mol. The van der Waals surface area contributed by atoms with E-state index in [4.69, 9.17) is 0 Å². The van der Waals surface area contributed by atoms with Crippen molar-refractivity contribution in [2.24, 2.45) is 0 Å². The number of aryl methyl sites for hydroxylation is 2. The fourth-order valence-electron chi connectivity index (χ4n) is 2.32. The molecule has 1 heterocycles. The van der Waals surface area contributed by atoms with Crippen LogP contribution in [0.25, 0.3) is 10.9 Å². The maximum Gasteiger partial charge on any atom is 0.0486 e. The lowest BCUT2D eigenvalue weighted by Gasteiger charge is -2.06. The Morgan fingerprint density at radius 3 is 2.33 bits per heavy atom. The van der Waals surface area contributed by atoms with Crippen molar-refractivity contribution >= 4 is 10.9 Å². The maximum absolute atomic E-state index is 2.31. The van der Waals surface area contributed by atoms with Gasteiger partial charge in [-0.1, -0.05) is 42.0 Å². The van der Waals surface area contributed by atoms with Gasteiger partial charge in [0.2, 0.25) is 0 Å². The van der Waals surface area contributed by atoms with Crippen LogP contribution in [0.1, 0.15) is 16.7 Å². The van der Waals surface area contributed by atoms with Gasteiger partial charge >= 0.3 is 0 Å². The van der Waals surface area contributed by atoms with Gasteiger partial charge < -0.3 is 4.57 Å². The smallest absolute Gasteiger partial charge is 0.0486 e. The van der Waals surface area contributed by atoms with Crippen LogP contribution in [0.15, 0.2) is 54.7 Å². The van der Waals surface area contributed by atoms with Gasteiger partial charge in [-0.2, -0.15) is 0 Å². The lowest BCUT2D eigenvalue weighted by atomic mass is 10.1. The summed E-state index contributed by atoms with van der Waals surface area (Å²) in [6.07, 6.45) is 2.17. The minimum absolute atomic E-state index is 0.938. The molecule has 1 aromatic heterocycles. The van der Waals surface area contributed by atoms with Gasteiger partial charge in [0.1, 0.15) is 0 Å². The average Bonchev–Trinajstić information content (AvgIpc) is 2.75. The highest BCUT2D eigenvalue weighted by Crippen LogP contribution is 2.18. The first-order valence-electron chi connectivity index (χ1n) is 6.33. The highest BCUT2D eigenvalue weighted by atomic mass is 14.9. The van der Waals surface area contributed by atoms with Gasteiger partial charge in [0, 0.05) is 18.3 Å². The first kappa shape index (κ1) is 11.1. The Hall–Kier alpha value is -2.02. The average molecular weight is 235 g/mol. The van der Waals surface area contributed by atoms with E-state index in [1.54, 1.807) is 0 Å². The molecule has 90 valence electrons. The third-order valence-corrected chi connectivity index (χ3v) is 3.40. The number of rotatable bonds is 2. The van der Waals surface area contributed by atoms with Crippen molar-refractivity contribution < 1.29 is 0 Å². The molecule has 1 heteroatoms. The molecule has 0 aliphatic heterocycles. The SMILES string of the molecule is Cc1ccc(Cn2ccc3ccc(C)cc32)cc1. The Morgan fingerprint density at radius 1 is 0.833 bits per heavy atom. The van der Waals surface area contributed by atoms with Crippen LogP contribution in [-0.4, -0.2) is 4.57 Å². The predicted octanol–water partition coefficient (Wildman–Crippen LogP) is 4.31. The minimum Gasteiger partial charge on any atom is -0.343 e. The molecule has 3 aromatic rings. The molecule has 2 aromatic carbocycles. The van der Waals surface area contributed by atoms with Gasteiger partial charge in [0.25, 0.3) is 0 Å². The zero-order chi connectivity index (χ0) is 12.5. The molecule has 0 unspecified atom stereocenters. The quantitative estimate of drug-likeness (QED) is 0.624. The normalized spacial score (nSPS) is 11.0. The maximum atomic E-state index is 2.31. The molecule has 0 fully saturated rings. The van der Waals surface area contributed by atoms with E-state index in [-0.39, 0.29) is 0 Å². The largest absolute Gasteiger partial charge is 0.343 e. The van der Waals surface area contributed by atoms with E-state index in [0.29, 0.717) is 0 Å². The van der Waals surface area contributed by atoms with Crippen LogP contribution in [-0.2, 0) is 6.54 Å². The van der Waals surface area contributed by atoms with Gasteiger partial charge in [-0.25, -0.2) is 0 Å². The summed E-state index contributed by atoms with van der Waals surface area (Å²) >= 11 is 0. The van der Waals surface area contributed by atoms with Crippen LogP contribution >= 0.6 is 0 Å². The van der Waals surface area contributed by atoms with Gasteiger partial charge in [-0.05, 0) is 42.5 Å². The fourth-order valence-corrected chi connectivity index (χ4v) is 2.32. The van der Waals surface area contributed by atoms with E-state index < -0.39 is 0 Å². The number of nitrogens with zero attached hydrogens (tertiary/aromatic N) is 1. The fraction of sp³-hybridized carbons (Fsp3) is 0.176. The second kappa shape index (κ2) is 4.34. The molecule has 0 saturated carbocycles. The van der Waals surface area contributed by atoms with Crippen LogP contribution in [0.5, 0.6) is 0 Å². The molecule has 0 spiro atoms. The molecule has 0 atom stereocenters. The molecule has 18 heavy (non-hydrogen) atoms. The van der Waals surface area contributed by atoms with E-state index in [1.807, 2.05) is 0 Å². The number of hydrogen-bond acceptors (Lipinski definition) is 0. The van der Waals surface area contributed by atoms with Gasteiger partial charge in [-0.15, -0.1) is 0 Å². The van der Waals surface area contributed by atoms with Crippen molar-refractivity contribution in [3.05, 3.63) is 71.4 Å². The first-order valence-corrected chi connectivity index (χ1v) is 6.33. The molecular weight excluding hydrogens is 218 g/mol. The number of benzene rings is 2. The highest BCUT2D eigenvalue weighted by molar-refractivity contribution is 5.80. The molecule has 0 amide bonds. The van der Waals surface area contributed by atoms with Crippen molar-refractivity contribution in [3.8, 4) is 0 Å². The second-order valence-electron chi connectivity index (χ2n) is 4.99. The van der Waals surface area contributed by atoms with Crippen molar-refractivity contribution in [3.63, 3.8) is 0 Å². The molecule has 0 saturated heterocycles. The van der Waals surface area contributed by atoms with Crippen LogP contribution in [0, 0.1) is 13.8 Å². The van der Waals surface area contributed by atoms with Crippen LogP contribution in [0.3, 0.4) is 0 Å². The van der Waals surface area contributed by atoms with E-state index in [0.717, 1.165) is 6.54 Å². The molecule has 0 N–H and O–H groups in total. The van der Waals surface area contributed by atoms with Gasteiger partial charge in [0.15, 0.2) is 0 Å². The molecule has 3 rings (SSSR count). The summed E-state index contributed by atoms with van der Waals surface area (Å²) in [7, 11) is 0. The van der Waals surface area contributed by atoms with Crippen LogP contribution < -0.4 is 0 Å². The van der Waals surface area contributed by atoms with E-state index in [2.05, 4.69) is 73.1 Å². The Bertz CT molecular complexity index is 674. The zero-order valence-electron chi connectivity index (χ0n) is 10.9. The Kier molecular flexibility index (Phi) is 2.67. The lowest BCUT2D eigenvalue weighted by Crippen LogP contribution is -1.97. The Labute approximate surface area is 108 Å². The van der Waals surface area contributed by atoms with Gasteiger partial charge in [0.05, 0.1) is 0 Å². The summed E-state index contributed by atoms with van der Waals surface area (Å²) in [5.41, 5.74) is 5.29. The molecule has 0 aliphatic rings. The van der Waals surface area contributed by atoms with Gasteiger partial charge in [-0.3, -0.25) is 0 Å². The van der Waals surface area contributed by atoms with E-state index in [1.165, 1.54) is 27.6 Å². The number of hydrogen-bond donors (Lipinski definition) is 0. The van der Waals surface area contributed by atoms with Crippen LogP contribution in [0.4, 0.5) is 0 Å². The third kappa shape index (κ3) is 2.04. The highest BCUT2D eigenvalue weighted by Gasteiger charge is 2.02. The summed E-state index contributed by atoms with van der Waals surface area (Å²) in [6.45, 7) is 5.20. The molecular formula is C17H17N. The number of aromatic nitrogens is 1. The van der Waals surface area contributed by atoms with Crippen LogP contribution in [0.2, 0.25) is 0 Å². The second-order valence-corrected chi connectivity index (χ2v) is 4.99. The summed E-state index contributed by atoms with van der Waals surface area (Å²) in [5, 5.41) is 1.31. The molecule has 0 bridgehead atoms. The Balaban J connectivity index is 1.99. The topological polar surface area (TPSA) is 4.93 Å². The lowest BCUT2D eigenvalue weighted by molar-refractivity contribution is 0.836. The zero-order valence-corrected chi connectivity index (χ0v) is 10.9. The van der Waals surface area contributed by atoms with E-state index >= 15 is 0 Å². The summed E-state index contributed by atoms with van der Waals surface area (Å²) in [6, 6.07) is 17.5. The van der Waals surface area contributed by atoms with E-state index in [9.17, 15) is 0 Å². The summed E-state index contributed by atoms with van der Waals surface area (Å²) in [4.78, 5) is 0. The number of fused-ring (bicyclic) bond motifs is 1. The standard InChI is InChI=1S/C17H17N/c1-13-3-6-15(7-4-13)12-18-10-9-16-8-5-14(2)11-17(16)18/h3-11H,12H2,1-2H3.